The fraction of sp³-hybridized carbons (Fsp3) is 0.148. The van der Waals surface area contributed by atoms with Crippen molar-refractivity contribution in [1.29, 1.82) is 0 Å². The van der Waals surface area contributed by atoms with Crippen molar-refractivity contribution >= 4 is 46.4 Å². The summed E-state index contributed by atoms with van der Waals surface area (Å²) >= 11 is 7.44. The lowest BCUT2D eigenvalue weighted by Crippen LogP contribution is -2.44. The number of anilines is 1. The molecule has 1 aromatic carbocycles. The van der Waals surface area contributed by atoms with Crippen LogP contribution in [0.15, 0.2) is 79.1 Å². The topological polar surface area (TPSA) is 92.3 Å². The lowest BCUT2D eigenvalue weighted by molar-refractivity contribution is -0.122. The second kappa shape index (κ2) is 10.4. The third kappa shape index (κ3) is 5.19. The van der Waals surface area contributed by atoms with Gasteiger partial charge in [-0.1, -0.05) is 23.7 Å². The molecule has 0 bridgehead atoms. The minimum atomic E-state index is -0.702. The second-order valence-corrected chi connectivity index (χ2v) is 9.96. The molecule has 2 amide bonds. The summed E-state index contributed by atoms with van der Waals surface area (Å²) in [5.41, 5.74) is 1.80. The number of nitrogens with one attached hydrogen (secondary N) is 1. The summed E-state index contributed by atoms with van der Waals surface area (Å²) in [6, 6.07) is 18.6. The fourth-order valence-corrected chi connectivity index (χ4v) is 5.28. The number of carbonyl (C=O) groups excluding carboxylic acids is 3. The number of Topliss-reactive ketones (excluding diaryl/α,β-unsaturated/α-hetero) is 1. The van der Waals surface area contributed by atoms with Crippen LogP contribution in [0.3, 0.4) is 0 Å². The van der Waals surface area contributed by atoms with Crippen LogP contribution in [0.25, 0.3) is 0 Å². The highest BCUT2D eigenvalue weighted by molar-refractivity contribution is 7.14. The molecule has 36 heavy (non-hydrogen) atoms. The molecule has 0 radical (unpaired) electrons. The number of benzene rings is 1. The molecule has 1 aliphatic rings. The Labute approximate surface area is 216 Å². The molecule has 9 heteroatoms. The van der Waals surface area contributed by atoms with Gasteiger partial charge in [-0.05, 0) is 60.2 Å². The average Bonchev–Trinajstić information content (AvgIpc) is 3.33. The number of thiophene rings is 1. The first kappa shape index (κ1) is 23.8. The molecule has 7 nitrogen and oxygen atoms in total. The number of amides is 2. The van der Waals surface area contributed by atoms with Gasteiger partial charge in [-0.2, -0.15) is 0 Å². The highest BCUT2D eigenvalue weighted by atomic mass is 35.5. The summed E-state index contributed by atoms with van der Waals surface area (Å²) in [5.74, 6) is -0.161. The molecule has 0 aliphatic carbocycles. The summed E-state index contributed by atoms with van der Waals surface area (Å²) in [5, 5.41) is 3.24. The maximum Gasteiger partial charge on any atom is 0.266 e. The fourth-order valence-electron chi connectivity index (χ4n) is 4.18. The Morgan fingerprint density at radius 1 is 1.03 bits per heavy atom. The minimum absolute atomic E-state index is 0.0836. The van der Waals surface area contributed by atoms with Crippen LogP contribution >= 0.6 is 22.9 Å². The first-order valence-corrected chi connectivity index (χ1v) is 12.5. The smallest absolute Gasteiger partial charge is 0.266 e. The number of hydrogen-bond donors (Lipinski definition) is 1. The van der Waals surface area contributed by atoms with Gasteiger partial charge in [-0.15, -0.1) is 11.3 Å². The SMILES string of the molecule is O=C(Nc1ccccn1)c1ccc(CN2C(=O)c3ccc(Cl)cc3CC(=O)[C@H]2Cc2ccccn2)s1. The number of hydrogen-bond acceptors (Lipinski definition) is 6. The molecule has 0 spiro atoms. The number of ketones is 1. The predicted molar refractivity (Wildman–Crippen MR) is 138 cm³/mol. The zero-order chi connectivity index (χ0) is 25.1. The number of fused-ring (bicyclic) bond motifs is 1. The molecule has 0 fully saturated rings. The third-order valence-corrected chi connectivity index (χ3v) is 7.22. The quantitative estimate of drug-likeness (QED) is 0.396. The van der Waals surface area contributed by atoms with Crippen LogP contribution in [0, 0.1) is 0 Å². The van der Waals surface area contributed by atoms with E-state index < -0.39 is 6.04 Å². The Bertz CT molecular complexity index is 1430. The number of rotatable bonds is 6. The normalized spacial score (nSPS) is 15.4. The monoisotopic (exact) mass is 516 g/mol. The highest BCUT2D eigenvalue weighted by Gasteiger charge is 2.36. The molecule has 1 aliphatic heterocycles. The van der Waals surface area contributed by atoms with E-state index in [-0.39, 0.29) is 30.6 Å². The molecule has 0 unspecified atom stereocenters. The zero-order valence-electron chi connectivity index (χ0n) is 19.1. The van der Waals surface area contributed by atoms with Gasteiger partial charge in [0, 0.05) is 46.4 Å². The van der Waals surface area contributed by atoms with E-state index in [1.807, 2.05) is 18.2 Å². The van der Waals surface area contributed by atoms with E-state index in [1.165, 1.54) is 11.3 Å². The molecular formula is C27H21ClN4O3S. The van der Waals surface area contributed by atoms with Crippen LogP contribution in [0.4, 0.5) is 5.82 Å². The highest BCUT2D eigenvalue weighted by Crippen LogP contribution is 2.28. The van der Waals surface area contributed by atoms with Crippen molar-refractivity contribution in [3.05, 3.63) is 111 Å². The molecular weight excluding hydrogens is 496 g/mol. The van der Waals surface area contributed by atoms with E-state index in [9.17, 15) is 14.4 Å². The molecule has 4 aromatic rings. The molecule has 1 atom stereocenters. The minimum Gasteiger partial charge on any atom is -0.323 e. The van der Waals surface area contributed by atoms with Crippen LogP contribution in [0.2, 0.25) is 5.02 Å². The molecule has 5 rings (SSSR count). The van der Waals surface area contributed by atoms with Crippen molar-refractivity contribution in [2.24, 2.45) is 0 Å². The Morgan fingerprint density at radius 3 is 2.58 bits per heavy atom. The first-order valence-electron chi connectivity index (χ1n) is 11.3. The van der Waals surface area contributed by atoms with Gasteiger partial charge in [-0.25, -0.2) is 4.98 Å². The van der Waals surface area contributed by atoms with E-state index in [2.05, 4.69) is 15.3 Å². The van der Waals surface area contributed by atoms with Gasteiger partial charge in [0.05, 0.1) is 17.5 Å². The van der Waals surface area contributed by atoms with E-state index >= 15 is 0 Å². The predicted octanol–water partition coefficient (Wildman–Crippen LogP) is 4.82. The number of aromatic nitrogens is 2. The summed E-state index contributed by atoms with van der Waals surface area (Å²) in [6.45, 7) is 0.186. The molecule has 1 N–H and O–H groups in total. The largest absolute Gasteiger partial charge is 0.323 e. The molecule has 4 heterocycles. The van der Waals surface area contributed by atoms with Crippen molar-refractivity contribution in [3.8, 4) is 0 Å². The average molecular weight is 517 g/mol. The van der Waals surface area contributed by atoms with Gasteiger partial charge in [0.15, 0.2) is 5.78 Å². The Kier molecular flexibility index (Phi) is 6.88. The van der Waals surface area contributed by atoms with Gasteiger partial charge >= 0.3 is 0 Å². The van der Waals surface area contributed by atoms with Crippen molar-refractivity contribution in [2.75, 3.05) is 5.32 Å². The molecule has 3 aromatic heterocycles. The van der Waals surface area contributed by atoms with E-state index in [1.54, 1.807) is 65.8 Å². The van der Waals surface area contributed by atoms with Gasteiger partial charge in [-0.3, -0.25) is 19.4 Å². The van der Waals surface area contributed by atoms with E-state index in [0.717, 1.165) is 10.6 Å². The number of pyridine rings is 2. The maximum atomic E-state index is 13.7. The van der Waals surface area contributed by atoms with Crippen LogP contribution in [-0.2, 0) is 24.2 Å². The molecule has 0 saturated carbocycles. The summed E-state index contributed by atoms with van der Waals surface area (Å²) in [4.78, 5) is 51.2. The maximum absolute atomic E-state index is 13.7. The summed E-state index contributed by atoms with van der Waals surface area (Å²) in [6.07, 6.45) is 3.68. The number of carbonyl (C=O) groups is 3. The van der Waals surface area contributed by atoms with Crippen molar-refractivity contribution in [1.82, 2.24) is 14.9 Å². The van der Waals surface area contributed by atoms with Crippen LogP contribution in [0.1, 0.15) is 36.2 Å². The lowest BCUT2D eigenvalue weighted by atomic mass is 9.99. The van der Waals surface area contributed by atoms with Gasteiger partial charge in [0.1, 0.15) is 5.82 Å². The van der Waals surface area contributed by atoms with Crippen LogP contribution in [-0.4, -0.2) is 38.5 Å². The Balaban J connectivity index is 1.44. The first-order chi connectivity index (χ1) is 17.5. The van der Waals surface area contributed by atoms with Crippen molar-refractivity contribution in [2.45, 2.75) is 25.4 Å². The zero-order valence-corrected chi connectivity index (χ0v) is 20.6. The van der Waals surface area contributed by atoms with E-state index in [0.29, 0.717) is 33.3 Å². The summed E-state index contributed by atoms with van der Waals surface area (Å²) in [7, 11) is 0. The van der Waals surface area contributed by atoms with Gasteiger partial charge in [0.25, 0.3) is 11.8 Å². The standard InChI is InChI=1S/C27H21ClN4O3S/c28-18-7-9-21-17(13-18)14-23(33)22(15-19-5-1-3-11-29-19)32(27(21)35)16-20-8-10-24(36-20)26(34)31-25-6-2-4-12-30-25/h1-13,22H,14-16H2,(H,30,31,34)/t22-/m1/s1. The third-order valence-electron chi connectivity index (χ3n) is 5.92. The summed E-state index contributed by atoms with van der Waals surface area (Å²) < 4.78 is 0. The lowest BCUT2D eigenvalue weighted by Gasteiger charge is -2.29. The Hall–Kier alpha value is -3.88. The van der Waals surface area contributed by atoms with Crippen molar-refractivity contribution in [3.63, 3.8) is 0 Å². The van der Waals surface area contributed by atoms with Crippen molar-refractivity contribution < 1.29 is 14.4 Å². The number of halogens is 1. The van der Waals surface area contributed by atoms with Crippen LogP contribution in [0.5, 0.6) is 0 Å². The second-order valence-electron chi connectivity index (χ2n) is 8.35. The van der Waals surface area contributed by atoms with Crippen LogP contribution < -0.4 is 5.32 Å². The molecule has 180 valence electrons. The Morgan fingerprint density at radius 2 is 1.83 bits per heavy atom. The van der Waals surface area contributed by atoms with Gasteiger partial charge in [0.2, 0.25) is 0 Å². The molecule has 0 saturated heterocycles. The van der Waals surface area contributed by atoms with E-state index in [4.69, 9.17) is 11.6 Å². The van der Waals surface area contributed by atoms with Gasteiger partial charge < -0.3 is 10.2 Å². The number of nitrogens with zero attached hydrogens (tertiary/aromatic N) is 3.